The van der Waals surface area contributed by atoms with Crippen molar-refractivity contribution >= 4 is 35.7 Å². The lowest BCUT2D eigenvalue weighted by Crippen LogP contribution is -2.63. The van der Waals surface area contributed by atoms with Crippen LogP contribution in [-0.4, -0.2) is 41.9 Å². The number of nitrogens with two attached hydrogens (primary N) is 1. The number of rotatable bonds is 6. The van der Waals surface area contributed by atoms with Crippen LogP contribution in [0.3, 0.4) is 0 Å². The van der Waals surface area contributed by atoms with Crippen molar-refractivity contribution in [1.29, 1.82) is 0 Å². The van der Waals surface area contributed by atoms with Gasteiger partial charge in [0.25, 0.3) is 0 Å². The summed E-state index contributed by atoms with van der Waals surface area (Å²) in [6.45, 7) is 0.642. The van der Waals surface area contributed by atoms with Crippen LogP contribution in [0.2, 0.25) is 5.02 Å². The Kier molecular flexibility index (Phi) is 6.39. The Balaban J connectivity index is 1.69. The maximum atomic E-state index is 12.4. The zero-order valence-electron chi connectivity index (χ0n) is 15.8. The number of likely N-dealkylation sites (tertiary alicyclic amines) is 1. The Hall–Kier alpha value is -3.06. The smallest absolute Gasteiger partial charge is 0.410 e. The van der Waals surface area contributed by atoms with Crippen LogP contribution in [0.25, 0.3) is 0 Å². The Labute approximate surface area is 174 Å². The summed E-state index contributed by atoms with van der Waals surface area (Å²) in [5.74, 6) is -0.623. The van der Waals surface area contributed by atoms with Crippen LogP contribution >= 0.6 is 11.6 Å². The third-order valence-electron chi connectivity index (χ3n) is 5.17. The predicted molar refractivity (Wildman–Crippen MR) is 109 cm³/mol. The van der Waals surface area contributed by atoms with Gasteiger partial charge in [0, 0.05) is 23.8 Å². The highest BCUT2D eigenvalue weighted by Gasteiger charge is 2.46. The Bertz CT molecular complexity index is 883. The standard InChI is InChI=1S/C21H22ClN3O4/c22-17-7-4-8-18(13-17)25(15-26)21(19(23)27)9-11-24(12-10-21)20(28)29-14-16-5-2-1-3-6-16/h1-8,13,15H,9-12,14H2,(H2,23,27). The molecule has 1 fully saturated rings. The fourth-order valence-electron chi connectivity index (χ4n) is 3.51. The first-order chi connectivity index (χ1) is 14.0. The van der Waals surface area contributed by atoms with Crippen molar-refractivity contribution in [1.82, 2.24) is 4.90 Å². The lowest BCUT2D eigenvalue weighted by Gasteiger charge is -2.44. The van der Waals surface area contributed by atoms with Crippen LogP contribution in [0.15, 0.2) is 54.6 Å². The molecule has 29 heavy (non-hydrogen) atoms. The molecule has 0 aromatic heterocycles. The quantitative estimate of drug-likeness (QED) is 0.734. The third-order valence-corrected chi connectivity index (χ3v) is 5.40. The molecule has 1 saturated heterocycles. The molecule has 0 atom stereocenters. The largest absolute Gasteiger partial charge is 0.445 e. The van der Waals surface area contributed by atoms with Gasteiger partial charge in [0.2, 0.25) is 12.3 Å². The van der Waals surface area contributed by atoms with E-state index >= 15 is 0 Å². The van der Waals surface area contributed by atoms with E-state index in [9.17, 15) is 14.4 Å². The average molecular weight is 416 g/mol. The summed E-state index contributed by atoms with van der Waals surface area (Å²) >= 11 is 6.03. The molecule has 0 aliphatic carbocycles. The van der Waals surface area contributed by atoms with Crippen molar-refractivity contribution in [2.45, 2.75) is 25.0 Å². The maximum Gasteiger partial charge on any atom is 0.410 e. The summed E-state index contributed by atoms with van der Waals surface area (Å²) in [5, 5.41) is 0.441. The second kappa shape index (κ2) is 8.96. The normalized spacial score (nSPS) is 15.4. The number of piperidine rings is 1. The van der Waals surface area contributed by atoms with Crippen LogP contribution in [-0.2, 0) is 20.9 Å². The molecule has 152 valence electrons. The van der Waals surface area contributed by atoms with E-state index in [0.29, 0.717) is 17.1 Å². The van der Waals surface area contributed by atoms with E-state index in [2.05, 4.69) is 0 Å². The topological polar surface area (TPSA) is 92.9 Å². The van der Waals surface area contributed by atoms with Crippen LogP contribution in [0, 0.1) is 0 Å². The molecule has 7 nitrogen and oxygen atoms in total. The molecule has 0 spiro atoms. The van der Waals surface area contributed by atoms with Crippen LogP contribution in [0.4, 0.5) is 10.5 Å². The molecule has 0 bridgehead atoms. The van der Waals surface area contributed by atoms with E-state index in [4.69, 9.17) is 22.1 Å². The van der Waals surface area contributed by atoms with Crippen molar-refractivity contribution in [2.24, 2.45) is 5.73 Å². The van der Waals surface area contributed by atoms with Gasteiger partial charge < -0.3 is 15.4 Å². The van der Waals surface area contributed by atoms with Gasteiger partial charge in [-0.1, -0.05) is 48.0 Å². The second-order valence-corrected chi connectivity index (χ2v) is 7.31. The summed E-state index contributed by atoms with van der Waals surface area (Å²) in [4.78, 5) is 39.5. The summed E-state index contributed by atoms with van der Waals surface area (Å²) < 4.78 is 5.35. The van der Waals surface area contributed by atoms with Gasteiger partial charge in [0.05, 0.1) is 0 Å². The number of benzene rings is 2. The first-order valence-corrected chi connectivity index (χ1v) is 9.60. The van der Waals surface area contributed by atoms with Gasteiger partial charge >= 0.3 is 6.09 Å². The molecule has 0 radical (unpaired) electrons. The summed E-state index contributed by atoms with van der Waals surface area (Å²) in [6, 6.07) is 16.0. The molecular weight excluding hydrogens is 394 g/mol. The number of hydrogen-bond acceptors (Lipinski definition) is 4. The van der Waals surface area contributed by atoms with Crippen molar-refractivity contribution in [3.05, 3.63) is 65.2 Å². The Morgan fingerprint density at radius 3 is 2.41 bits per heavy atom. The van der Waals surface area contributed by atoms with Crippen molar-refractivity contribution < 1.29 is 19.1 Å². The number of hydrogen-bond donors (Lipinski definition) is 1. The summed E-state index contributed by atoms with van der Waals surface area (Å²) in [5.41, 5.74) is 5.83. The number of primary amides is 1. The molecule has 1 heterocycles. The summed E-state index contributed by atoms with van der Waals surface area (Å²) in [7, 11) is 0. The highest BCUT2D eigenvalue weighted by Crippen LogP contribution is 2.33. The number of carbonyl (C=O) groups excluding carboxylic acids is 3. The fraction of sp³-hybridized carbons (Fsp3) is 0.286. The average Bonchev–Trinajstić information content (AvgIpc) is 2.73. The van der Waals surface area contributed by atoms with Crippen LogP contribution < -0.4 is 10.6 Å². The molecule has 1 aliphatic heterocycles. The minimum atomic E-state index is -1.23. The van der Waals surface area contributed by atoms with Gasteiger partial charge in [-0.05, 0) is 36.6 Å². The van der Waals surface area contributed by atoms with E-state index in [-0.39, 0.29) is 32.5 Å². The van der Waals surface area contributed by atoms with E-state index in [1.54, 1.807) is 24.3 Å². The molecule has 1 aliphatic rings. The minimum Gasteiger partial charge on any atom is -0.445 e. The lowest BCUT2D eigenvalue weighted by molar-refractivity contribution is -0.127. The van der Waals surface area contributed by atoms with Gasteiger partial charge in [0.15, 0.2) is 0 Å². The molecule has 0 saturated carbocycles. The number of amides is 3. The van der Waals surface area contributed by atoms with E-state index < -0.39 is 17.5 Å². The van der Waals surface area contributed by atoms with Crippen LogP contribution in [0.1, 0.15) is 18.4 Å². The Morgan fingerprint density at radius 2 is 1.83 bits per heavy atom. The van der Waals surface area contributed by atoms with E-state index in [0.717, 1.165) is 5.56 Å². The molecule has 2 aromatic rings. The number of carbonyl (C=O) groups is 3. The molecule has 8 heteroatoms. The zero-order chi connectivity index (χ0) is 20.9. The molecule has 3 rings (SSSR count). The highest BCUT2D eigenvalue weighted by atomic mass is 35.5. The van der Waals surface area contributed by atoms with Crippen LogP contribution in [0.5, 0.6) is 0 Å². The van der Waals surface area contributed by atoms with Gasteiger partial charge in [-0.3, -0.25) is 14.5 Å². The number of halogens is 1. The minimum absolute atomic E-state index is 0.167. The third kappa shape index (κ3) is 4.51. The second-order valence-electron chi connectivity index (χ2n) is 6.88. The van der Waals surface area contributed by atoms with E-state index in [1.807, 2.05) is 30.3 Å². The predicted octanol–water partition coefficient (Wildman–Crippen LogP) is 2.96. The SMILES string of the molecule is NC(=O)C1(N(C=O)c2cccc(Cl)c2)CCN(C(=O)OCc2ccccc2)CC1. The van der Waals surface area contributed by atoms with Gasteiger partial charge in [-0.15, -0.1) is 0 Å². The first-order valence-electron chi connectivity index (χ1n) is 9.22. The zero-order valence-corrected chi connectivity index (χ0v) is 16.5. The van der Waals surface area contributed by atoms with Crippen molar-refractivity contribution in [3.63, 3.8) is 0 Å². The fourth-order valence-corrected chi connectivity index (χ4v) is 3.70. The molecular formula is C21H22ClN3O4. The highest BCUT2D eigenvalue weighted by molar-refractivity contribution is 6.30. The van der Waals surface area contributed by atoms with Gasteiger partial charge in [-0.25, -0.2) is 4.79 Å². The molecule has 2 N–H and O–H groups in total. The molecule has 2 aromatic carbocycles. The number of nitrogens with zero attached hydrogens (tertiary/aromatic N) is 2. The molecule has 3 amide bonds. The number of ether oxygens (including phenoxy) is 1. The first kappa shape index (κ1) is 20.7. The Morgan fingerprint density at radius 1 is 1.14 bits per heavy atom. The molecule has 0 unspecified atom stereocenters. The van der Waals surface area contributed by atoms with E-state index in [1.165, 1.54) is 9.80 Å². The maximum absolute atomic E-state index is 12.4. The number of anilines is 1. The van der Waals surface area contributed by atoms with Gasteiger partial charge in [-0.2, -0.15) is 0 Å². The monoisotopic (exact) mass is 415 g/mol. The van der Waals surface area contributed by atoms with Gasteiger partial charge in [0.1, 0.15) is 12.1 Å². The summed E-state index contributed by atoms with van der Waals surface area (Å²) in [6.07, 6.45) is 0.523. The lowest BCUT2D eigenvalue weighted by atomic mass is 9.84. The van der Waals surface area contributed by atoms with Crippen molar-refractivity contribution in [3.8, 4) is 0 Å². The van der Waals surface area contributed by atoms with Crippen molar-refractivity contribution in [2.75, 3.05) is 18.0 Å².